The maximum Gasteiger partial charge on any atom is 0.245 e. The van der Waals surface area contributed by atoms with Gasteiger partial charge in [0.1, 0.15) is 12.4 Å². The summed E-state index contributed by atoms with van der Waals surface area (Å²) >= 11 is 0. The Kier molecular flexibility index (Phi) is 4.92. The van der Waals surface area contributed by atoms with Crippen molar-refractivity contribution in [3.63, 3.8) is 0 Å². The van der Waals surface area contributed by atoms with E-state index in [1.807, 2.05) is 13.8 Å². The Morgan fingerprint density at radius 3 is 2.81 bits per heavy atom. The molecule has 0 aromatic carbocycles. The minimum absolute atomic E-state index is 0.00500. The topological polar surface area (TPSA) is 107 Å². The predicted molar refractivity (Wildman–Crippen MR) is 76.1 cm³/mol. The molecule has 2 heterocycles. The number of nitrogens with zero attached hydrogens (tertiary/aromatic N) is 4. The van der Waals surface area contributed by atoms with Crippen molar-refractivity contribution in [3.8, 4) is 0 Å². The Balaban J connectivity index is 1.96. The smallest absolute Gasteiger partial charge is 0.245 e. The molecule has 1 fully saturated rings. The maximum atomic E-state index is 12.4. The highest BCUT2D eigenvalue weighted by molar-refractivity contribution is 7.91. The molecule has 1 aromatic rings. The molecule has 0 spiro atoms. The number of carbonyl (C=O) groups excluding carboxylic acids is 1. The maximum absolute atomic E-state index is 12.4. The second-order valence-electron chi connectivity index (χ2n) is 5.63. The second-order valence-corrected chi connectivity index (χ2v) is 7.86. The first-order valence-electron chi connectivity index (χ1n) is 7.13. The molecule has 0 unspecified atom stereocenters. The number of hydrogen-bond donors (Lipinski definition) is 1. The van der Waals surface area contributed by atoms with Crippen LogP contribution in [0.3, 0.4) is 0 Å². The van der Waals surface area contributed by atoms with Crippen LogP contribution in [-0.4, -0.2) is 52.6 Å². The van der Waals surface area contributed by atoms with Crippen LogP contribution in [0.1, 0.15) is 32.7 Å². The van der Waals surface area contributed by atoms with Crippen molar-refractivity contribution < 1.29 is 13.2 Å². The molecule has 3 atom stereocenters. The van der Waals surface area contributed by atoms with Gasteiger partial charge in [0.2, 0.25) is 5.91 Å². The molecule has 0 saturated carbocycles. The lowest BCUT2D eigenvalue weighted by Crippen LogP contribution is -2.39. The number of tetrazole rings is 1. The van der Waals surface area contributed by atoms with Crippen LogP contribution in [0.25, 0.3) is 0 Å². The third-order valence-corrected chi connectivity index (χ3v) is 5.83. The quantitative estimate of drug-likeness (QED) is 0.780. The van der Waals surface area contributed by atoms with Crippen molar-refractivity contribution >= 4 is 15.7 Å². The van der Waals surface area contributed by atoms with Gasteiger partial charge >= 0.3 is 0 Å². The minimum Gasteiger partial charge on any atom is -0.354 e. The molecule has 1 saturated heterocycles. The molecule has 1 amide bonds. The SMILES string of the molecule is CC[C@H](C)[C@@H](C(=O)NC[C@H]1CCS(=O)(=O)C1)n1cnnn1. The van der Waals surface area contributed by atoms with Gasteiger partial charge in [-0.15, -0.1) is 5.10 Å². The summed E-state index contributed by atoms with van der Waals surface area (Å²) in [5.41, 5.74) is 0. The van der Waals surface area contributed by atoms with E-state index in [0.717, 1.165) is 6.42 Å². The van der Waals surface area contributed by atoms with Gasteiger partial charge in [-0.25, -0.2) is 13.1 Å². The Bertz CT molecular complexity index is 572. The van der Waals surface area contributed by atoms with Gasteiger partial charge in [0, 0.05) is 6.54 Å². The van der Waals surface area contributed by atoms with Crippen LogP contribution in [-0.2, 0) is 14.6 Å². The largest absolute Gasteiger partial charge is 0.354 e. The Hall–Kier alpha value is -1.51. The Labute approximate surface area is 124 Å². The van der Waals surface area contributed by atoms with Gasteiger partial charge in [0.15, 0.2) is 9.84 Å². The summed E-state index contributed by atoms with van der Waals surface area (Å²) in [6.45, 7) is 4.35. The van der Waals surface area contributed by atoms with E-state index in [1.165, 1.54) is 11.0 Å². The molecule has 1 aromatic heterocycles. The average molecular weight is 315 g/mol. The van der Waals surface area contributed by atoms with Gasteiger partial charge in [0.25, 0.3) is 0 Å². The number of rotatable bonds is 6. The van der Waals surface area contributed by atoms with E-state index < -0.39 is 15.9 Å². The van der Waals surface area contributed by atoms with E-state index in [0.29, 0.717) is 13.0 Å². The van der Waals surface area contributed by atoms with Crippen molar-refractivity contribution in [2.24, 2.45) is 11.8 Å². The summed E-state index contributed by atoms with van der Waals surface area (Å²) in [6, 6.07) is -0.469. The molecule has 1 N–H and O–H groups in total. The monoisotopic (exact) mass is 315 g/mol. The number of aromatic nitrogens is 4. The third kappa shape index (κ3) is 3.99. The standard InChI is InChI=1S/C12H21N5O3S/c1-3-9(2)11(17-8-14-15-16-17)12(18)13-6-10-4-5-21(19,20)7-10/h8-11H,3-7H2,1-2H3,(H,13,18)/t9-,10+,11-/m0/s1. The summed E-state index contributed by atoms with van der Waals surface area (Å²) in [4.78, 5) is 12.4. The summed E-state index contributed by atoms with van der Waals surface area (Å²) in [5.74, 6) is 0.300. The molecule has 21 heavy (non-hydrogen) atoms. The zero-order valence-electron chi connectivity index (χ0n) is 12.3. The summed E-state index contributed by atoms with van der Waals surface area (Å²) < 4.78 is 24.3. The van der Waals surface area contributed by atoms with Crippen LogP contribution in [0.5, 0.6) is 0 Å². The number of carbonyl (C=O) groups is 1. The molecule has 0 bridgehead atoms. The van der Waals surface area contributed by atoms with Crippen LogP contribution < -0.4 is 5.32 Å². The molecule has 2 rings (SSSR count). The third-order valence-electron chi connectivity index (χ3n) is 3.99. The van der Waals surface area contributed by atoms with E-state index in [4.69, 9.17) is 0 Å². The highest BCUT2D eigenvalue weighted by Crippen LogP contribution is 2.21. The van der Waals surface area contributed by atoms with Gasteiger partial charge in [-0.1, -0.05) is 20.3 Å². The normalized spacial score (nSPS) is 23.6. The van der Waals surface area contributed by atoms with Gasteiger partial charge in [-0.05, 0) is 28.7 Å². The van der Waals surface area contributed by atoms with E-state index in [-0.39, 0.29) is 29.2 Å². The highest BCUT2D eigenvalue weighted by atomic mass is 32.2. The minimum atomic E-state index is -2.92. The van der Waals surface area contributed by atoms with Crippen LogP contribution in [0.4, 0.5) is 0 Å². The van der Waals surface area contributed by atoms with Crippen LogP contribution in [0.15, 0.2) is 6.33 Å². The first kappa shape index (κ1) is 15.9. The van der Waals surface area contributed by atoms with E-state index in [2.05, 4.69) is 20.8 Å². The molecule has 9 heteroatoms. The molecular formula is C12H21N5O3S. The summed E-state index contributed by atoms with van der Waals surface area (Å²) in [5, 5.41) is 13.8. The van der Waals surface area contributed by atoms with Crippen molar-refractivity contribution in [2.75, 3.05) is 18.1 Å². The van der Waals surface area contributed by atoms with Gasteiger partial charge < -0.3 is 5.32 Å². The fourth-order valence-corrected chi connectivity index (χ4v) is 4.40. The van der Waals surface area contributed by atoms with Crippen molar-refractivity contribution in [1.29, 1.82) is 0 Å². The molecule has 1 aliphatic heterocycles. The molecule has 0 radical (unpaired) electrons. The average Bonchev–Trinajstić information content (AvgIpc) is 3.06. The molecule has 1 aliphatic rings. The summed E-state index contributed by atoms with van der Waals surface area (Å²) in [6.07, 6.45) is 2.85. The number of hydrogen-bond acceptors (Lipinski definition) is 6. The molecular weight excluding hydrogens is 294 g/mol. The zero-order valence-corrected chi connectivity index (χ0v) is 13.1. The first-order valence-corrected chi connectivity index (χ1v) is 8.95. The van der Waals surface area contributed by atoms with Crippen LogP contribution in [0.2, 0.25) is 0 Å². The van der Waals surface area contributed by atoms with Crippen LogP contribution in [0, 0.1) is 11.8 Å². The predicted octanol–water partition coefficient (Wildman–Crippen LogP) is -0.189. The van der Waals surface area contributed by atoms with Crippen molar-refractivity contribution in [1.82, 2.24) is 25.5 Å². The van der Waals surface area contributed by atoms with Crippen molar-refractivity contribution in [3.05, 3.63) is 6.33 Å². The molecule has 0 aliphatic carbocycles. The molecule has 8 nitrogen and oxygen atoms in total. The summed E-state index contributed by atoms with van der Waals surface area (Å²) in [7, 11) is -2.92. The zero-order chi connectivity index (χ0) is 15.5. The van der Waals surface area contributed by atoms with Crippen LogP contribution >= 0.6 is 0 Å². The number of nitrogens with one attached hydrogen (secondary N) is 1. The second kappa shape index (κ2) is 6.50. The highest BCUT2D eigenvalue weighted by Gasteiger charge is 2.31. The molecule has 118 valence electrons. The number of sulfone groups is 1. The fraction of sp³-hybridized carbons (Fsp3) is 0.833. The van der Waals surface area contributed by atoms with E-state index in [9.17, 15) is 13.2 Å². The van der Waals surface area contributed by atoms with Crippen molar-refractivity contribution in [2.45, 2.75) is 32.7 Å². The lowest BCUT2D eigenvalue weighted by Gasteiger charge is -2.22. The van der Waals surface area contributed by atoms with E-state index in [1.54, 1.807) is 0 Å². The lowest BCUT2D eigenvalue weighted by molar-refractivity contribution is -0.126. The van der Waals surface area contributed by atoms with Gasteiger partial charge in [-0.3, -0.25) is 4.79 Å². The Morgan fingerprint density at radius 2 is 2.29 bits per heavy atom. The Morgan fingerprint density at radius 1 is 1.52 bits per heavy atom. The fourth-order valence-electron chi connectivity index (χ4n) is 2.54. The van der Waals surface area contributed by atoms with E-state index >= 15 is 0 Å². The van der Waals surface area contributed by atoms with Gasteiger partial charge in [0.05, 0.1) is 11.5 Å². The lowest BCUT2D eigenvalue weighted by atomic mass is 9.98. The first-order chi connectivity index (χ1) is 9.93. The van der Waals surface area contributed by atoms with Gasteiger partial charge in [-0.2, -0.15) is 0 Å². The number of amides is 1.